The summed E-state index contributed by atoms with van der Waals surface area (Å²) in [4.78, 5) is 29.6. The van der Waals surface area contributed by atoms with Crippen LogP contribution < -0.4 is 4.80 Å². The average Bonchev–Trinajstić information content (AvgIpc) is 3.14. The SMILES string of the molecule is COC(=O)Cn1c(=NC(=O)C2CCN(S(=O)(=O)c3ccc(C)cc3)CC2)sc2cc(F)ccc21. The zero-order chi connectivity index (χ0) is 24.5. The van der Waals surface area contributed by atoms with Crippen LogP contribution in [0.4, 0.5) is 4.39 Å². The summed E-state index contributed by atoms with van der Waals surface area (Å²) in [6.07, 6.45) is 0.675. The number of piperidine rings is 1. The van der Waals surface area contributed by atoms with Crippen LogP contribution in [-0.2, 0) is 30.9 Å². The minimum atomic E-state index is -3.63. The maximum absolute atomic E-state index is 13.7. The van der Waals surface area contributed by atoms with E-state index in [1.165, 1.54) is 34.2 Å². The number of fused-ring (bicyclic) bond motifs is 1. The van der Waals surface area contributed by atoms with Crippen molar-refractivity contribution in [2.75, 3.05) is 20.2 Å². The van der Waals surface area contributed by atoms with E-state index >= 15 is 0 Å². The number of amides is 1. The Kier molecular flexibility index (Phi) is 6.96. The highest BCUT2D eigenvalue weighted by Crippen LogP contribution is 2.25. The fraction of sp³-hybridized carbons (Fsp3) is 0.348. The molecule has 8 nitrogen and oxygen atoms in total. The highest BCUT2D eigenvalue weighted by Gasteiger charge is 2.32. The van der Waals surface area contributed by atoms with Crippen LogP contribution in [0.3, 0.4) is 0 Å². The lowest BCUT2D eigenvalue weighted by atomic mass is 9.98. The van der Waals surface area contributed by atoms with E-state index in [0.29, 0.717) is 23.1 Å². The standard InChI is InChI=1S/C23H24FN3O5S2/c1-15-3-6-18(7-4-15)34(30,31)26-11-9-16(10-12-26)22(29)25-23-27(14-21(28)32-2)19-8-5-17(24)13-20(19)33-23/h3-8,13,16H,9-12,14H2,1-2H3. The van der Waals surface area contributed by atoms with Crippen LogP contribution in [0.25, 0.3) is 10.2 Å². The quantitative estimate of drug-likeness (QED) is 0.497. The summed E-state index contributed by atoms with van der Waals surface area (Å²) >= 11 is 1.11. The van der Waals surface area contributed by atoms with Crippen molar-refractivity contribution in [3.05, 3.63) is 58.6 Å². The molecule has 3 aromatic rings. The van der Waals surface area contributed by atoms with E-state index in [0.717, 1.165) is 16.9 Å². The molecule has 0 bridgehead atoms. The van der Waals surface area contributed by atoms with Gasteiger partial charge in [0, 0.05) is 19.0 Å². The molecule has 34 heavy (non-hydrogen) atoms. The van der Waals surface area contributed by atoms with Gasteiger partial charge in [-0.25, -0.2) is 12.8 Å². The summed E-state index contributed by atoms with van der Waals surface area (Å²) in [7, 11) is -2.37. The number of halogens is 1. The van der Waals surface area contributed by atoms with Crippen LogP contribution in [0.15, 0.2) is 52.4 Å². The van der Waals surface area contributed by atoms with Crippen LogP contribution in [0.5, 0.6) is 0 Å². The minimum absolute atomic E-state index is 0.165. The highest BCUT2D eigenvalue weighted by atomic mass is 32.2. The Balaban J connectivity index is 1.54. The van der Waals surface area contributed by atoms with Crippen molar-refractivity contribution in [1.82, 2.24) is 8.87 Å². The van der Waals surface area contributed by atoms with Crippen molar-refractivity contribution in [2.24, 2.45) is 10.9 Å². The van der Waals surface area contributed by atoms with Gasteiger partial charge in [0.25, 0.3) is 5.91 Å². The van der Waals surface area contributed by atoms with E-state index in [1.807, 2.05) is 6.92 Å². The third-order valence-corrected chi connectivity index (χ3v) is 8.78. The highest BCUT2D eigenvalue weighted by molar-refractivity contribution is 7.89. The van der Waals surface area contributed by atoms with E-state index in [2.05, 4.69) is 4.99 Å². The van der Waals surface area contributed by atoms with Crippen molar-refractivity contribution in [3.8, 4) is 0 Å². The van der Waals surface area contributed by atoms with Crippen LogP contribution in [-0.4, -0.2) is 49.4 Å². The van der Waals surface area contributed by atoms with Gasteiger partial charge in [0.05, 0.1) is 22.2 Å². The molecule has 0 saturated carbocycles. The number of thiazole rings is 1. The lowest BCUT2D eigenvalue weighted by Gasteiger charge is -2.29. The smallest absolute Gasteiger partial charge is 0.325 e. The van der Waals surface area contributed by atoms with Gasteiger partial charge in [0.2, 0.25) is 10.0 Å². The number of rotatable bonds is 5. The molecule has 1 fully saturated rings. The summed E-state index contributed by atoms with van der Waals surface area (Å²) in [6.45, 7) is 2.14. The second-order valence-corrected chi connectivity index (χ2v) is 11.0. The third kappa shape index (κ3) is 4.96. The van der Waals surface area contributed by atoms with Gasteiger partial charge in [0.1, 0.15) is 12.4 Å². The average molecular weight is 506 g/mol. The van der Waals surface area contributed by atoms with Crippen molar-refractivity contribution < 1.29 is 27.1 Å². The zero-order valence-corrected chi connectivity index (χ0v) is 20.4. The number of carbonyl (C=O) groups is 2. The molecular formula is C23H24FN3O5S2. The molecule has 0 unspecified atom stereocenters. The Morgan fingerprint density at radius 1 is 1.15 bits per heavy atom. The number of benzene rings is 2. The number of aryl methyl sites for hydroxylation is 1. The summed E-state index contributed by atoms with van der Waals surface area (Å²) in [5.41, 5.74) is 1.54. The molecular weight excluding hydrogens is 481 g/mol. The molecule has 2 heterocycles. The number of nitrogens with zero attached hydrogens (tertiary/aromatic N) is 3. The molecule has 2 aromatic carbocycles. The molecule has 0 radical (unpaired) electrons. The molecule has 180 valence electrons. The Hall–Kier alpha value is -2.89. The van der Waals surface area contributed by atoms with Gasteiger partial charge in [-0.05, 0) is 50.1 Å². The van der Waals surface area contributed by atoms with Crippen LogP contribution in [0.1, 0.15) is 18.4 Å². The molecule has 1 saturated heterocycles. The first-order valence-corrected chi connectivity index (χ1v) is 13.0. The molecule has 1 aliphatic rings. The molecule has 1 aromatic heterocycles. The van der Waals surface area contributed by atoms with Gasteiger partial charge >= 0.3 is 5.97 Å². The number of hydrogen-bond donors (Lipinski definition) is 0. The topological polar surface area (TPSA) is 98.0 Å². The van der Waals surface area contributed by atoms with Gasteiger partial charge in [-0.3, -0.25) is 9.59 Å². The predicted molar refractivity (Wildman–Crippen MR) is 125 cm³/mol. The van der Waals surface area contributed by atoms with Crippen LogP contribution >= 0.6 is 11.3 Å². The Labute approximate surface area is 200 Å². The van der Waals surface area contributed by atoms with Crippen molar-refractivity contribution in [1.29, 1.82) is 0 Å². The maximum atomic E-state index is 13.7. The summed E-state index contributed by atoms with van der Waals surface area (Å²) in [5, 5.41) is 0. The lowest BCUT2D eigenvalue weighted by Crippen LogP contribution is -2.40. The first kappa shape index (κ1) is 24.2. The second-order valence-electron chi connectivity index (χ2n) is 8.10. The zero-order valence-electron chi connectivity index (χ0n) is 18.7. The molecule has 1 aliphatic heterocycles. The maximum Gasteiger partial charge on any atom is 0.325 e. The van der Waals surface area contributed by atoms with E-state index in [4.69, 9.17) is 4.74 Å². The van der Waals surface area contributed by atoms with Gasteiger partial charge in [-0.2, -0.15) is 9.30 Å². The number of hydrogen-bond acceptors (Lipinski definition) is 6. The van der Waals surface area contributed by atoms with Crippen molar-refractivity contribution >= 4 is 43.5 Å². The molecule has 11 heteroatoms. The van der Waals surface area contributed by atoms with E-state index in [1.54, 1.807) is 24.3 Å². The first-order valence-electron chi connectivity index (χ1n) is 10.7. The number of esters is 1. The Morgan fingerprint density at radius 3 is 2.47 bits per heavy atom. The number of ether oxygens (including phenoxy) is 1. The number of carbonyl (C=O) groups excluding carboxylic acids is 2. The number of methoxy groups -OCH3 is 1. The first-order chi connectivity index (χ1) is 16.2. The minimum Gasteiger partial charge on any atom is -0.468 e. The van der Waals surface area contributed by atoms with E-state index < -0.39 is 33.6 Å². The summed E-state index contributed by atoms with van der Waals surface area (Å²) in [6, 6.07) is 10.8. The molecule has 0 atom stereocenters. The van der Waals surface area contributed by atoms with Crippen molar-refractivity contribution in [2.45, 2.75) is 31.2 Å². The van der Waals surface area contributed by atoms with Crippen LogP contribution in [0, 0.1) is 18.7 Å². The van der Waals surface area contributed by atoms with Gasteiger partial charge in [-0.1, -0.05) is 29.0 Å². The third-order valence-electron chi connectivity index (χ3n) is 5.83. The number of aromatic nitrogens is 1. The summed E-state index contributed by atoms with van der Waals surface area (Å²) in [5.74, 6) is -1.79. The van der Waals surface area contributed by atoms with Crippen LogP contribution in [0.2, 0.25) is 0 Å². The molecule has 0 N–H and O–H groups in total. The molecule has 1 amide bonds. The normalized spacial score (nSPS) is 16.1. The predicted octanol–water partition coefficient (Wildman–Crippen LogP) is 2.85. The molecule has 4 rings (SSSR count). The fourth-order valence-corrected chi connectivity index (χ4v) is 6.40. The Morgan fingerprint density at radius 2 is 1.82 bits per heavy atom. The van der Waals surface area contributed by atoms with Gasteiger partial charge < -0.3 is 9.30 Å². The van der Waals surface area contributed by atoms with Crippen molar-refractivity contribution in [3.63, 3.8) is 0 Å². The largest absolute Gasteiger partial charge is 0.468 e. The van der Waals surface area contributed by atoms with E-state index in [-0.39, 0.29) is 29.3 Å². The van der Waals surface area contributed by atoms with Gasteiger partial charge in [-0.15, -0.1) is 0 Å². The molecule has 0 aliphatic carbocycles. The Bertz CT molecular complexity index is 1400. The number of sulfonamides is 1. The lowest BCUT2D eigenvalue weighted by molar-refractivity contribution is -0.141. The fourth-order valence-electron chi connectivity index (χ4n) is 3.87. The van der Waals surface area contributed by atoms with E-state index in [9.17, 15) is 22.4 Å². The second kappa shape index (κ2) is 9.77. The monoisotopic (exact) mass is 505 g/mol. The van der Waals surface area contributed by atoms with Gasteiger partial charge in [0.15, 0.2) is 4.80 Å². The summed E-state index contributed by atoms with van der Waals surface area (Å²) < 4.78 is 47.7. The molecule has 0 spiro atoms.